The number of halogens is 1. The second-order valence-electron chi connectivity index (χ2n) is 5.04. The second-order valence-corrected chi connectivity index (χ2v) is 5.04. The van der Waals surface area contributed by atoms with Crippen molar-refractivity contribution < 1.29 is 18.7 Å². The van der Waals surface area contributed by atoms with Crippen LogP contribution in [0.25, 0.3) is 0 Å². The Labute approximate surface area is 135 Å². The van der Waals surface area contributed by atoms with E-state index in [1.807, 2.05) is 19.1 Å². The van der Waals surface area contributed by atoms with Crippen LogP contribution in [-0.4, -0.2) is 20.1 Å². The van der Waals surface area contributed by atoms with Crippen molar-refractivity contribution in [3.63, 3.8) is 0 Å². The highest BCUT2D eigenvalue weighted by Gasteiger charge is 2.21. The fraction of sp³-hybridized carbons (Fsp3) is 0.278. The van der Waals surface area contributed by atoms with Gasteiger partial charge in [-0.3, -0.25) is 4.79 Å². The maximum atomic E-state index is 14.0. The second kappa shape index (κ2) is 7.63. The number of benzene rings is 2. The van der Waals surface area contributed by atoms with E-state index in [-0.39, 0.29) is 17.5 Å². The average molecular weight is 317 g/mol. The summed E-state index contributed by atoms with van der Waals surface area (Å²) in [7, 11) is 3.02. The summed E-state index contributed by atoms with van der Waals surface area (Å²) < 4.78 is 24.2. The Morgan fingerprint density at radius 1 is 1.13 bits per heavy atom. The molecule has 5 heteroatoms. The molecule has 0 radical (unpaired) electrons. The third-order valence-corrected chi connectivity index (χ3v) is 3.69. The fourth-order valence-electron chi connectivity index (χ4n) is 2.41. The number of amides is 1. The molecular formula is C18H20FNO3. The highest BCUT2D eigenvalue weighted by atomic mass is 19.1. The Morgan fingerprint density at radius 3 is 2.39 bits per heavy atom. The molecule has 0 saturated heterocycles. The number of hydrogen-bond donors (Lipinski definition) is 1. The molecule has 0 bridgehead atoms. The molecule has 0 heterocycles. The smallest absolute Gasteiger partial charge is 0.232 e. The molecule has 0 spiro atoms. The van der Waals surface area contributed by atoms with Gasteiger partial charge in [0.2, 0.25) is 5.91 Å². The van der Waals surface area contributed by atoms with Gasteiger partial charge in [0.05, 0.1) is 20.1 Å². The number of para-hydroxylation sites is 1. The molecule has 0 aliphatic heterocycles. The molecule has 1 N–H and O–H groups in total. The Balaban J connectivity index is 2.23. The van der Waals surface area contributed by atoms with Crippen molar-refractivity contribution in [1.82, 2.24) is 0 Å². The van der Waals surface area contributed by atoms with Gasteiger partial charge in [-0.25, -0.2) is 4.39 Å². The van der Waals surface area contributed by atoms with Crippen LogP contribution in [0.3, 0.4) is 0 Å². The molecule has 0 aliphatic carbocycles. The molecule has 0 fully saturated rings. The SMILES string of the molecule is CC[C@H](C(=O)Nc1c(F)cccc1OC)c1ccc(OC)cc1. The van der Waals surface area contributed by atoms with Crippen LogP contribution in [0, 0.1) is 5.82 Å². The molecule has 23 heavy (non-hydrogen) atoms. The number of carbonyl (C=O) groups excluding carboxylic acids is 1. The van der Waals surface area contributed by atoms with Crippen molar-refractivity contribution >= 4 is 11.6 Å². The van der Waals surface area contributed by atoms with Gasteiger partial charge < -0.3 is 14.8 Å². The molecule has 2 aromatic rings. The minimum Gasteiger partial charge on any atom is -0.497 e. The molecule has 122 valence electrons. The van der Waals surface area contributed by atoms with Crippen LogP contribution >= 0.6 is 0 Å². The van der Waals surface area contributed by atoms with E-state index in [0.717, 1.165) is 11.3 Å². The van der Waals surface area contributed by atoms with Crippen molar-refractivity contribution in [3.05, 3.63) is 53.8 Å². The van der Waals surface area contributed by atoms with Gasteiger partial charge in [-0.05, 0) is 36.2 Å². The zero-order valence-electron chi connectivity index (χ0n) is 13.4. The van der Waals surface area contributed by atoms with E-state index in [4.69, 9.17) is 9.47 Å². The number of ether oxygens (including phenoxy) is 2. The van der Waals surface area contributed by atoms with Crippen molar-refractivity contribution in [1.29, 1.82) is 0 Å². The number of methoxy groups -OCH3 is 2. The summed E-state index contributed by atoms with van der Waals surface area (Å²) in [6, 6.07) is 11.7. The van der Waals surface area contributed by atoms with E-state index in [0.29, 0.717) is 12.2 Å². The normalized spacial score (nSPS) is 11.7. The summed E-state index contributed by atoms with van der Waals surface area (Å²) in [5.74, 6) is -0.170. The van der Waals surface area contributed by atoms with Crippen LogP contribution in [-0.2, 0) is 4.79 Å². The summed E-state index contributed by atoms with van der Waals surface area (Å²) in [6.07, 6.45) is 0.592. The van der Waals surface area contributed by atoms with E-state index < -0.39 is 5.82 Å². The third-order valence-electron chi connectivity index (χ3n) is 3.69. The predicted molar refractivity (Wildman–Crippen MR) is 87.6 cm³/mol. The summed E-state index contributed by atoms with van der Waals surface area (Å²) in [4.78, 5) is 12.6. The van der Waals surface area contributed by atoms with Crippen molar-refractivity contribution in [2.24, 2.45) is 0 Å². The topological polar surface area (TPSA) is 47.6 Å². The third kappa shape index (κ3) is 3.80. The van der Waals surface area contributed by atoms with E-state index in [1.165, 1.54) is 19.2 Å². The van der Waals surface area contributed by atoms with Gasteiger partial charge in [0.25, 0.3) is 0 Å². The highest BCUT2D eigenvalue weighted by Crippen LogP contribution is 2.30. The maximum absolute atomic E-state index is 14.0. The lowest BCUT2D eigenvalue weighted by Gasteiger charge is -2.17. The van der Waals surface area contributed by atoms with Crippen molar-refractivity contribution in [3.8, 4) is 11.5 Å². The maximum Gasteiger partial charge on any atom is 0.232 e. The molecular weight excluding hydrogens is 297 g/mol. The molecule has 1 amide bonds. The summed E-state index contributed by atoms with van der Waals surface area (Å²) in [6.45, 7) is 1.91. The zero-order chi connectivity index (χ0) is 16.8. The molecule has 0 aromatic heterocycles. The standard InChI is InChI=1S/C18H20FNO3/c1-4-14(12-8-10-13(22-2)11-9-12)18(21)20-17-15(19)6-5-7-16(17)23-3/h5-11,14H,4H2,1-3H3,(H,20,21)/t14-/m0/s1. The highest BCUT2D eigenvalue weighted by molar-refractivity contribution is 5.97. The first-order valence-corrected chi connectivity index (χ1v) is 7.38. The van der Waals surface area contributed by atoms with Gasteiger partial charge in [0.15, 0.2) is 5.82 Å². The van der Waals surface area contributed by atoms with Crippen LogP contribution < -0.4 is 14.8 Å². The summed E-state index contributed by atoms with van der Waals surface area (Å²) in [5, 5.41) is 2.64. The summed E-state index contributed by atoms with van der Waals surface area (Å²) in [5.41, 5.74) is 0.910. The first-order chi connectivity index (χ1) is 11.1. The predicted octanol–water partition coefficient (Wildman–Crippen LogP) is 3.98. The number of anilines is 1. The zero-order valence-corrected chi connectivity index (χ0v) is 13.4. The largest absolute Gasteiger partial charge is 0.497 e. The Morgan fingerprint density at radius 2 is 1.83 bits per heavy atom. The van der Waals surface area contributed by atoms with Crippen LogP contribution in [0.5, 0.6) is 11.5 Å². The van der Waals surface area contributed by atoms with Crippen molar-refractivity contribution in [2.45, 2.75) is 19.3 Å². The number of nitrogens with one attached hydrogen (secondary N) is 1. The van der Waals surface area contributed by atoms with Gasteiger partial charge in [0.1, 0.15) is 17.2 Å². The lowest BCUT2D eigenvalue weighted by atomic mass is 9.95. The van der Waals surface area contributed by atoms with Crippen LogP contribution in [0.15, 0.2) is 42.5 Å². The lowest BCUT2D eigenvalue weighted by Crippen LogP contribution is -2.21. The molecule has 1 atom stereocenters. The van der Waals surface area contributed by atoms with Crippen LogP contribution in [0.2, 0.25) is 0 Å². The monoisotopic (exact) mass is 317 g/mol. The van der Waals surface area contributed by atoms with E-state index in [2.05, 4.69) is 5.32 Å². The lowest BCUT2D eigenvalue weighted by molar-refractivity contribution is -0.117. The molecule has 4 nitrogen and oxygen atoms in total. The number of rotatable bonds is 6. The Bertz CT molecular complexity index is 670. The number of carbonyl (C=O) groups is 1. The molecule has 0 unspecified atom stereocenters. The summed E-state index contributed by atoms with van der Waals surface area (Å²) >= 11 is 0. The van der Waals surface area contributed by atoms with Gasteiger partial charge in [-0.1, -0.05) is 25.1 Å². The van der Waals surface area contributed by atoms with Crippen LogP contribution in [0.1, 0.15) is 24.8 Å². The van der Waals surface area contributed by atoms with Gasteiger partial charge in [-0.15, -0.1) is 0 Å². The van der Waals surface area contributed by atoms with Gasteiger partial charge in [0, 0.05) is 0 Å². The molecule has 0 aliphatic rings. The minimum atomic E-state index is -0.526. The minimum absolute atomic E-state index is 0.0620. The van der Waals surface area contributed by atoms with Gasteiger partial charge >= 0.3 is 0 Å². The van der Waals surface area contributed by atoms with E-state index in [1.54, 1.807) is 25.3 Å². The van der Waals surface area contributed by atoms with Crippen LogP contribution in [0.4, 0.5) is 10.1 Å². The molecule has 0 saturated carbocycles. The first-order valence-electron chi connectivity index (χ1n) is 7.38. The molecule has 2 aromatic carbocycles. The molecule has 2 rings (SSSR count). The Kier molecular flexibility index (Phi) is 5.57. The average Bonchev–Trinajstić information content (AvgIpc) is 2.58. The van der Waals surface area contributed by atoms with Crippen molar-refractivity contribution in [2.75, 3.05) is 19.5 Å². The quantitative estimate of drug-likeness (QED) is 0.877. The van der Waals surface area contributed by atoms with Gasteiger partial charge in [-0.2, -0.15) is 0 Å². The van der Waals surface area contributed by atoms with E-state index >= 15 is 0 Å². The van der Waals surface area contributed by atoms with E-state index in [9.17, 15) is 9.18 Å². The Hall–Kier alpha value is -2.56. The fourth-order valence-corrected chi connectivity index (χ4v) is 2.41. The number of hydrogen-bond acceptors (Lipinski definition) is 3. The first kappa shape index (κ1) is 16.8.